The van der Waals surface area contributed by atoms with Gasteiger partial charge >= 0.3 is 0 Å². The van der Waals surface area contributed by atoms with Crippen LogP contribution in [0, 0.1) is 11.8 Å². The van der Waals surface area contributed by atoms with Crippen LogP contribution in [-0.4, -0.2) is 0 Å². The van der Waals surface area contributed by atoms with E-state index in [0.717, 1.165) is 11.8 Å². The van der Waals surface area contributed by atoms with E-state index in [4.69, 9.17) is 0 Å². The van der Waals surface area contributed by atoms with Crippen LogP contribution in [0.2, 0.25) is 0 Å². The predicted octanol–water partition coefficient (Wildman–Crippen LogP) is 8.87. The molecule has 0 amide bonds. The summed E-state index contributed by atoms with van der Waals surface area (Å²) in [5.41, 5.74) is 5.67. The molecule has 0 aliphatic carbocycles. The lowest BCUT2D eigenvalue weighted by Crippen LogP contribution is -2.03. The van der Waals surface area contributed by atoms with Crippen molar-refractivity contribution in [3.05, 3.63) is 59.7 Å². The van der Waals surface area contributed by atoms with Crippen LogP contribution < -0.4 is 0 Å². The van der Waals surface area contributed by atoms with Crippen LogP contribution in [-0.2, 0) is 12.8 Å². The molecule has 0 nitrogen and oxygen atoms in total. The fraction of sp³-hybridized carbons (Fsp3) is 0.571. The van der Waals surface area contributed by atoms with Gasteiger partial charge in [-0.2, -0.15) is 0 Å². The molecule has 2 unspecified atom stereocenters. The van der Waals surface area contributed by atoms with Crippen LogP contribution in [0.4, 0.5) is 0 Å². The van der Waals surface area contributed by atoms with Crippen LogP contribution in [0.3, 0.4) is 0 Å². The van der Waals surface area contributed by atoms with Crippen molar-refractivity contribution in [2.24, 2.45) is 11.8 Å². The van der Waals surface area contributed by atoms with E-state index in [1.165, 1.54) is 86.5 Å². The molecular formula is C28H42. The van der Waals surface area contributed by atoms with Crippen molar-refractivity contribution < 1.29 is 0 Å². The molecule has 0 saturated heterocycles. The van der Waals surface area contributed by atoms with Crippen LogP contribution in [0.25, 0.3) is 11.1 Å². The molecule has 0 spiro atoms. The summed E-state index contributed by atoms with van der Waals surface area (Å²) >= 11 is 0. The molecule has 0 N–H and O–H groups in total. The number of hydrogen-bond donors (Lipinski definition) is 0. The fourth-order valence-electron chi connectivity index (χ4n) is 4.22. The van der Waals surface area contributed by atoms with Gasteiger partial charge in [0, 0.05) is 0 Å². The van der Waals surface area contributed by atoms with E-state index in [0.29, 0.717) is 0 Å². The minimum absolute atomic E-state index is 0.837. The van der Waals surface area contributed by atoms with Crippen molar-refractivity contribution in [1.29, 1.82) is 0 Å². The molecule has 0 heterocycles. The van der Waals surface area contributed by atoms with Gasteiger partial charge in [-0.15, -0.1) is 0 Å². The van der Waals surface area contributed by atoms with E-state index in [-0.39, 0.29) is 0 Å². The second-order valence-electron chi connectivity index (χ2n) is 8.64. The van der Waals surface area contributed by atoms with Crippen LogP contribution >= 0.6 is 0 Å². The number of hydrogen-bond acceptors (Lipinski definition) is 0. The molecule has 0 heteroatoms. The van der Waals surface area contributed by atoms with Gasteiger partial charge in [-0.25, -0.2) is 0 Å². The van der Waals surface area contributed by atoms with Crippen molar-refractivity contribution in [3.8, 4) is 11.1 Å². The summed E-state index contributed by atoms with van der Waals surface area (Å²) in [5.74, 6) is 1.67. The van der Waals surface area contributed by atoms with E-state index in [9.17, 15) is 0 Å². The lowest BCUT2D eigenvalue weighted by molar-refractivity contribution is 0.449. The van der Waals surface area contributed by atoms with E-state index in [1.54, 1.807) is 0 Å². The third-order valence-electron chi connectivity index (χ3n) is 6.38. The number of benzene rings is 2. The Hall–Kier alpha value is -1.56. The zero-order valence-corrected chi connectivity index (χ0v) is 18.8. The summed E-state index contributed by atoms with van der Waals surface area (Å²) in [6, 6.07) is 18.6. The van der Waals surface area contributed by atoms with E-state index in [2.05, 4.69) is 76.2 Å². The molecule has 2 aromatic rings. The summed E-state index contributed by atoms with van der Waals surface area (Å²) in [4.78, 5) is 0. The van der Waals surface area contributed by atoms with Crippen molar-refractivity contribution in [2.75, 3.05) is 0 Å². The maximum absolute atomic E-state index is 2.34. The Morgan fingerprint density at radius 1 is 0.536 bits per heavy atom. The van der Waals surface area contributed by atoms with Gasteiger partial charge < -0.3 is 0 Å². The molecule has 2 atom stereocenters. The van der Waals surface area contributed by atoms with Gasteiger partial charge in [-0.1, -0.05) is 128 Å². The Labute approximate surface area is 174 Å². The smallest absolute Gasteiger partial charge is 0.0184 e. The minimum atomic E-state index is 0.837. The minimum Gasteiger partial charge on any atom is -0.0654 e. The topological polar surface area (TPSA) is 0 Å². The van der Waals surface area contributed by atoms with Crippen molar-refractivity contribution >= 4 is 0 Å². The third kappa shape index (κ3) is 7.46. The molecule has 0 aliphatic heterocycles. The van der Waals surface area contributed by atoms with E-state index in [1.807, 2.05) is 0 Å². The average Bonchev–Trinajstić information content (AvgIpc) is 2.75. The Morgan fingerprint density at radius 2 is 0.893 bits per heavy atom. The number of rotatable bonds is 13. The first-order valence-electron chi connectivity index (χ1n) is 11.9. The van der Waals surface area contributed by atoms with Crippen LogP contribution in [0.15, 0.2) is 48.5 Å². The quantitative estimate of drug-likeness (QED) is 0.326. The molecule has 2 aromatic carbocycles. The van der Waals surface area contributed by atoms with Gasteiger partial charge in [-0.3, -0.25) is 0 Å². The molecule has 28 heavy (non-hydrogen) atoms. The first kappa shape index (κ1) is 22.7. The monoisotopic (exact) mass is 378 g/mol. The lowest BCUT2D eigenvalue weighted by atomic mass is 9.90. The Kier molecular flexibility index (Phi) is 10.4. The standard InChI is InChI=1S/C28H42/c1-5-9-11-23(7-3)21-25-13-17-27(18-14-25)28-19-15-26(16-20-28)22-24(8-4)12-10-6-2/h13-20,23-24H,5-12,21-22H2,1-4H3. The van der Waals surface area contributed by atoms with Gasteiger partial charge in [0.1, 0.15) is 0 Å². The fourth-order valence-corrected chi connectivity index (χ4v) is 4.22. The SMILES string of the molecule is CCCCC(CC)Cc1ccc(-c2ccc(CC(CC)CCCC)cc2)cc1. The summed E-state index contributed by atoms with van der Waals surface area (Å²) in [7, 11) is 0. The molecule has 154 valence electrons. The summed E-state index contributed by atoms with van der Waals surface area (Å²) in [5, 5.41) is 0. The molecule has 0 saturated carbocycles. The van der Waals surface area contributed by atoms with Crippen molar-refractivity contribution in [1.82, 2.24) is 0 Å². The first-order chi connectivity index (χ1) is 13.7. The van der Waals surface area contributed by atoms with Crippen molar-refractivity contribution in [2.45, 2.75) is 91.9 Å². The molecule has 0 aliphatic rings. The van der Waals surface area contributed by atoms with Gasteiger partial charge in [0.25, 0.3) is 0 Å². The Morgan fingerprint density at radius 3 is 1.18 bits per heavy atom. The van der Waals surface area contributed by atoms with Gasteiger partial charge in [0.05, 0.1) is 0 Å². The van der Waals surface area contributed by atoms with Gasteiger partial charge in [-0.05, 0) is 46.9 Å². The number of unbranched alkanes of at least 4 members (excludes halogenated alkanes) is 2. The summed E-state index contributed by atoms with van der Waals surface area (Å²) in [6.07, 6.45) is 13.1. The molecule has 0 fully saturated rings. The predicted molar refractivity (Wildman–Crippen MR) is 126 cm³/mol. The molecule has 2 rings (SSSR count). The molecule has 0 radical (unpaired) electrons. The molecule has 0 bridgehead atoms. The Bertz CT molecular complexity index is 575. The largest absolute Gasteiger partial charge is 0.0654 e. The maximum atomic E-state index is 2.34. The second kappa shape index (κ2) is 12.8. The average molecular weight is 379 g/mol. The Balaban J connectivity index is 1.96. The highest BCUT2D eigenvalue weighted by Crippen LogP contribution is 2.25. The highest BCUT2D eigenvalue weighted by Gasteiger charge is 2.09. The van der Waals surface area contributed by atoms with Crippen LogP contribution in [0.5, 0.6) is 0 Å². The highest BCUT2D eigenvalue weighted by molar-refractivity contribution is 5.64. The zero-order chi connectivity index (χ0) is 20.2. The van der Waals surface area contributed by atoms with E-state index >= 15 is 0 Å². The summed E-state index contributed by atoms with van der Waals surface area (Å²) < 4.78 is 0. The van der Waals surface area contributed by atoms with Gasteiger partial charge in [0.15, 0.2) is 0 Å². The summed E-state index contributed by atoms with van der Waals surface area (Å²) in [6.45, 7) is 9.25. The zero-order valence-electron chi connectivity index (χ0n) is 18.8. The molecular weight excluding hydrogens is 336 g/mol. The highest BCUT2D eigenvalue weighted by atomic mass is 14.1. The van der Waals surface area contributed by atoms with Gasteiger partial charge in [0.2, 0.25) is 0 Å². The second-order valence-corrected chi connectivity index (χ2v) is 8.64. The lowest BCUT2D eigenvalue weighted by Gasteiger charge is -2.15. The normalized spacial score (nSPS) is 13.4. The van der Waals surface area contributed by atoms with E-state index < -0.39 is 0 Å². The third-order valence-corrected chi connectivity index (χ3v) is 6.38. The maximum Gasteiger partial charge on any atom is -0.0184 e. The first-order valence-corrected chi connectivity index (χ1v) is 11.9. The van der Waals surface area contributed by atoms with Crippen LogP contribution in [0.1, 0.15) is 90.2 Å². The van der Waals surface area contributed by atoms with Crippen molar-refractivity contribution in [3.63, 3.8) is 0 Å². The molecule has 0 aromatic heterocycles.